The van der Waals surface area contributed by atoms with E-state index in [0.717, 1.165) is 6.07 Å². The lowest BCUT2D eigenvalue weighted by Gasteiger charge is -2.09. The fourth-order valence-electron chi connectivity index (χ4n) is 1.70. The first kappa shape index (κ1) is 14.4. The van der Waals surface area contributed by atoms with Gasteiger partial charge in [-0.2, -0.15) is 0 Å². The number of benzene rings is 2. The topological polar surface area (TPSA) is 55.2 Å². The predicted octanol–water partition coefficient (Wildman–Crippen LogP) is 4.25. The van der Waals surface area contributed by atoms with Crippen LogP contribution in [0.25, 0.3) is 0 Å². The van der Waals surface area contributed by atoms with E-state index in [4.69, 9.17) is 0 Å². The van der Waals surface area contributed by atoms with Crippen LogP contribution in [0.3, 0.4) is 0 Å². The molecule has 7 heteroatoms. The first-order valence-electron chi connectivity index (χ1n) is 5.59. The molecule has 0 amide bonds. The van der Waals surface area contributed by atoms with Crippen molar-refractivity contribution in [3.8, 4) is 0 Å². The standard InChI is InChI=1S/C13H9BrF2N2O2/c14-10-5-4-9(15)6-8(10)7-17-13-11(16)2-1-3-12(13)18(19)20/h1-6,17H,7H2. The SMILES string of the molecule is O=[N+]([O-])c1cccc(F)c1NCc1cc(F)ccc1Br. The van der Waals surface area contributed by atoms with Crippen molar-refractivity contribution in [2.75, 3.05) is 5.32 Å². The zero-order chi connectivity index (χ0) is 14.7. The van der Waals surface area contributed by atoms with E-state index in [1.807, 2.05) is 0 Å². The van der Waals surface area contributed by atoms with Gasteiger partial charge >= 0.3 is 0 Å². The summed E-state index contributed by atoms with van der Waals surface area (Å²) in [6, 6.07) is 7.64. The van der Waals surface area contributed by atoms with Gasteiger partial charge in [-0.25, -0.2) is 8.78 Å². The van der Waals surface area contributed by atoms with Crippen molar-refractivity contribution < 1.29 is 13.7 Å². The van der Waals surface area contributed by atoms with Crippen molar-refractivity contribution in [1.29, 1.82) is 0 Å². The predicted molar refractivity (Wildman–Crippen MR) is 74.5 cm³/mol. The number of rotatable bonds is 4. The lowest BCUT2D eigenvalue weighted by Crippen LogP contribution is -2.05. The van der Waals surface area contributed by atoms with Gasteiger partial charge in [-0.3, -0.25) is 10.1 Å². The first-order valence-corrected chi connectivity index (χ1v) is 6.39. The van der Waals surface area contributed by atoms with E-state index in [1.54, 1.807) is 0 Å². The van der Waals surface area contributed by atoms with Crippen molar-refractivity contribution in [1.82, 2.24) is 0 Å². The van der Waals surface area contributed by atoms with Crippen LogP contribution in [-0.2, 0) is 6.54 Å². The van der Waals surface area contributed by atoms with Gasteiger partial charge in [-0.1, -0.05) is 22.0 Å². The summed E-state index contributed by atoms with van der Waals surface area (Å²) in [7, 11) is 0. The lowest BCUT2D eigenvalue weighted by atomic mass is 10.2. The summed E-state index contributed by atoms with van der Waals surface area (Å²) in [5.74, 6) is -1.17. The maximum Gasteiger partial charge on any atom is 0.295 e. The lowest BCUT2D eigenvalue weighted by molar-refractivity contribution is -0.384. The van der Waals surface area contributed by atoms with Gasteiger partial charge in [0.05, 0.1) is 4.92 Å². The number of nitrogens with zero attached hydrogens (tertiary/aromatic N) is 1. The fourth-order valence-corrected chi connectivity index (χ4v) is 2.09. The average molecular weight is 343 g/mol. The number of anilines is 1. The summed E-state index contributed by atoms with van der Waals surface area (Å²) in [6.07, 6.45) is 0. The van der Waals surface area contributed by atoms with Crippen molar-refractivity contribution in [2.45, 2.75) is 6.54 Å². The van der Waals surface area contributed by atoms with Crippen molar-refractivity contribution in [2.24, 2.45) is 0 Å². The Morgan fingerprint density at radius 3 is 2.70 bits per heavy atom. The molecule has 0 unspecified atom stereocenters. The maximum atomic E-state index is 13.6. The maximum absolute atomic E-state index is 13.6. The molecule has 0 saturated carbocycles. The summed E-state index contributed by atoms with van der Waals surface area (Å²) in [5, 5.41) is 13.5. The number of halogens is 3. The molecule has 104 valence electrons. The summed E-state index contributed by atoms with van der Waals surface area (Å²) >= 11 is 3.24. The van der Waals surface area contributed by atoms with Gasteiger partial charge in [0, 0.05) is 17.1 Å². The normalized spacial score (nSPS) is 10.3. The molecule has 2 aromatic rings. The quantitative estimate of drug-likeness (QED) is 0.667. The highest BCUT2D eigenvalue weighted by atomic mass is 79.9. The van der Waals surface area contributed by atoms with Gasteiger partial charge in [0.15, 0.2) is 5.82 Å². The largest absolute Gasteiger partial charge is 0.373 e. The van der Waals surface area contributed by atoms with Crippen LogP contribution in [0.5, 0.6) is 0 Å². The van der Waals surface area contributed by atoms with Crippen molar-refractivity contribution >= 4 is 27.3 Å². The molecule has 0 spiro atoms. The highest BCUT2D eigenvalue weighted by Crippen LogP contribution is 2.28. The minimum atomic E-state index is -0.730. The van der Waals surface area contributed by atoms with Crippen LogP contribution in [0.1, 0.15) is 5.56 Å². The molecule has 2 aromatic carbocycles. The molecule has 0 bridgehead atoms. The molecule has 0 saturated heterocycles. The second-order valence-corrected chi connectivity index (χ2v) is 4.83. The zero-order valence-electron chi connectivity index (χ0n) is 10.1. The Kier molecular flexibility index (Phi) is 4.29. The van der Waals surface area contributed by atoms with E-state index >= 15 is 0 Å². The molecule has 0 fully saturated rings. The highest BCUT2D eigenvalue weighted by molar-refractivity contribution is 9.10. The number of hydrogen-bond donors (Lipinski definition) is 1. The van der Waals surface area contributed by atoms with Gasteiger partial charge in [-0.15, -0.1) is 0 Å². The number of nitrogens with one attached hydrogen (secondary N) is 1. The fraction of sp³-hybridized carbons (Fsp3) is 0.0769. The Morgan fingerprint density at radius 1 is 1.25 bits per heavy atom. The number of nitro benzene ring substituents is 1. The Labute approximate surface area is 121 Å². The average Bonchev–Trinajstić information content (AvgIpc) is 2.40. The molecule has 0 aliphatic rings. The third-order valence-electron chi connectivity index (χ3n) is 2.65. The van der Waals surface area contributed by atoms with Crippen LogP contribution in [-0.4, -0.2) is 4.92 Å². The Balaban J connectivity index is 2.27. The second kappa shape index (κ2) is 5.96. The highest BCUT2D eigenvalue weighted by Gasteiger charge is 2.17. The molecular weight excluding hydrogens is 334 g/mol. The molecule has 4 nitrogen and oxygen atoms in total. The second-order valence-electron chi connectivity index (χ2n) is 3.98. The third-order valence-corrected chi connectivity index (χ3v) is 3.43. The number of hydrogen-bond acceptors (Lipinski definition) is 3. The molecule has 0 atom stereocenters. The van der Waals surface area contributed by atoms with E-state index in [2.05, 4.69) is 21.2 Å². The Morgan fingerprint density at radius 2 is 2.00 bits per heavy atom. The van der Waals surface area contributed by atoms with Gasteiger partial charge < -0.3 is 5.32 Å². The van der Waals surface area contributed by atoms with Gasteiger partial charge in [0.1, 0.15) is 11.5 Å². The molecule has 0 aromatic heterocycles. The molecule has 0 heterocycles. The minimum absolute atomic E-state index is 0.0557. The smallest absolute Gasteiger partial charge is 0.295 e. The van der Waals surface area contributed by atoms with E-state index in [0.29, 0.717) is 10.0 Å². The molecule has 0 aliphatic heterocycles. The third kappa shape index (κ3) is 3.11. The molecule has 2 rings (SSSR count). The van der Waals surface area contributed by atoms with E-state index < -0.39 is 16.6 Å². The van der Waals surface area contributed by atoms with Gasteiger partial charge in [0.2, 0.25) is 0 Å². The van der Waals surface area contributed by atoms with E-state index in [9.17, 15) is 18.9 Å². The van der Waals surface area contributed by atoms with E-state index in [-0.39, 0.29) is 17.9 Å². The summed E-state index contributed by atoms with van der Waals surface area (Å²) in [6.45, 7) is 0.0557. The number of nitro groups is 1. The minimum Gasteiger partial charge on any atom is -0.373 e. The summed E-state index contributed by atoms with van der Waals surface area (Å²) in [4.78, 5) is 10.2. The zero-order valence-corrected chi connectivity index (χ0v) is 11.7. The Hall–Kier alpha value is -2.02. The molecule has 1 N–H and O–H groups in total. The van der Waals surface area contributed by atoms with Gasteiger partial charge in [-0.05, 0) is 29.8 Å². The number of para-hydroxylation sites is 1. The summed E-state index contributed by atoms with van der Waals surface area (Å²) in [5.41, 5.74) is -0.0475. The van der Waals surface area contributed by atoms with Crippen LogP contribution in [0.2, 0.25) is 0 Å². The van der Waals surface area contributed by atoms with Gasteiger partial charge in [0.25, 0.3) is 5.69 Å². The van der Waals surface area contributed by atoms with Crippen LogP contribution in [0.15, 0.2) is 40.9 Å². The van der Waals surface area contributed by atoms with Crippen molar-refractivity contribution in [3.05, 3.63) is 68.2 Å². The molecule has 0 radical (unpaired) electrons. The van der Waals surface area contributed by atoms with Crippen LogP contribution >= 0.6 is 15.9 Å². The molecule has 20 heavy (non-hydrogen) atoms. The van der Waals surface area contributed by atoms with E-state index in [1.165, 1.54) is 30.3 Å². The Bertz CT molecular complexity index is 665. The first-order chi connectivity index (χ1) is 9.49. The molecular formula is C13H9BrF2N2O2. The van der Waals surface area contributed by atoms with Crippen molar-refractivity contribution in [3.63, 3.8) is 0 Å². The van der Waals surface area contributed by atoms with Crippen LogP contribution < -0.4 is 5.32 Å². The summed E-state index contributed by atoms with van der Waals surface area (Å²) < 4.78 is 27.4. The van der Waals surface area contributed by atoms with Crippen LogP contribution in [0, 0.1) is 21.7 Å². The van der Waals surface area contributed by atoms with Crippen LogP contribution in [0.4, 0.5) is 20.2 Å². The molecule has 0 aliphatic carbocycles. The monoisotopic (exact) mass is 342 g/mol.